The average molecular weight is 288 g/mol. The monoisotopic (exact) mass is 288 g/mol. The highest BCUT2D eigenvalue weighted by Crippen LogP contribution is 2.39. The molecule has 22 heavy (non-hydrogen) atoms. The fourth-order valence-electron chi connectivity index (χ4n) is 2.64. The Morgan fingerprint density at radius 1 is 0.591 bits per heavy atom. The van der Waals surface area contributed by atoms with Crippen LogP contribution < -0.4 is 11.5 Å². The standard InChI is InChI=1S/C20H20N2/c1-13-3-7-15(8-4-13)17-11-12-18(21)20(22)19(17)16-9-5-14(2)6-10-16/h3-12H,21-22H2,1-2H3. The lowest BCUT2D eigenvalue weighted by molar-refractivity contribution is 1.45. The van der Waals surface area contributed by atoms with Gasteiger partial charge in [0.05, 0.1) is 11.4 Å². The highest BCUT2D eigenvalue weighted by Gasteiger charge is 2.13. The molecule has 0 aliphatic rings. The molecule has 0 bridgehead atoms. The van der Waals surface area contributed by atoms with Crippen LogP contribution in [0.2, 0.25) is 0 Å². The Hall–Kier alpha value is -2.74. The van der Waals surface area contributed by atoms with Gasteiger partial charge >= 0.3 is 0 Å². The predicted molar refractivity (Wildman–Crippen MR) is 95.6 cm³/mol. The molecule has 0 amide bonds. The van der Waals surface area contributed by atoms with Crippen molar-refractivity contribution in [1.29, 1.82) is 0 Å². The Labute approximate surface area is 131 Å². The van der Waals surface area contributed by atoms with Crippen molar-refractivity contribution < 1.29 is 0 Å². The first-order valence-electron chi connectivity index (χ1n) is 7.38. The smallest absolute Gasteiger partial charge is 0.0633 e. The zero-order valence-electron chi connectivity index (χ0n) is 12.9. The van der Waals surface area contributed by atoms with Crippen LogP contribution in [0.3, 0.4) is 0 Å². The molecular formula is C20H20N2. The molecule has 2 nitrogen and oxygen atoms in total. The molecule has 0 unspecified atom stereocenters. The second kappa shape index (κ2) is 5.57. The normalized spacial score (nSPS) is 10.6. The number of hydrogen-bond acceptors (Lipinski definition) is 2. The Kier molecular flexibility index (Phi) is 3.60. The molecule has 0 saturated heterocycles. The minimum absolute atomic E-state index is 0.617. The summed E-state index contributed by atoms with van der Waals surface area (Å²) < 4.78 is 0. The van der Waals surface area contributed by atoms with Crippen LogP contribution >= 0.6 is 0 Å². The lowest BCUT2D eigenvalue weighted by Crippen LogP contribution is -1.99. The van der Waals surface area contributed by atoms with Crippen molar-refractivity contribution in [2.75, 3.05) is 11.5 Å². The van der Waals surface area contributed by atoms with Crippen molar-refractivity contribution in [1.82, 2.24) is 0 Å². The molecule has 2 heteroatoms. The van der Waals surface area contributed by atoms with Gasteiger partial charge in [0, 0.05) is 5.56 Å². The zero-order chi connectivity index (χ0) is 15.7. The fraction of sp³-hybridized carbons (Fsp3) is 0.100. The van der Waals surface area contributed by atoms with Gasteiger partial charge in [0.1, 0.15) is 0 Å². The van der Waals surface area contributed by atoms with Crippen LogP contribution in [0.5, 0.6) is 0 Å². The molecule has 3 rings (SSSR count). The second-order valence-electron chi connectivity index (χ2n) is 5.72. The summed E-state index contributed by atoms with van der Waals surface area (Å²) in [6, 6.07) is 20.8. The Balaban J connectivity index is 2.25. The van der Waals surface area contributed by atoms with Gasteiger partial charge in [-0.15, -0.1) is 0 Å². The van der Waals surface area contributed by atoms with Gasteiger partial charge in [-0.25, -0.2) is 0 Å². The first-order chi connectivity index (χ1) is 10.6. The van der Waals surface area contributed by atoms with E-state index in [1.165, 1.54) is 11.1 Å². The number of nitrogens with two attached hydrogens (primary N) is 2. The van der Waals surface area contributed by atoms with E-state index in [1.807, 2.05) is 12.1 Å². The summed E-state index contributed by atoms with van der Waals surface area (Å²) in [6.07, 6.45) is 0. The molecule has 0 aliphatic carbocycles. The summed E-state index contributed by atoms with van der Waals surface area (Å²) in [5.41, 5.74) is 20.4. The van der Waals surface area contributed by atoms with E-state index in [1.54, 1.807) is 0 Å². The second-order valence-corrected chi connectivity index (χ2v) is 5.72. The molecule has 0 atom stereocenters. The number of benzene rings is 3. The molecule has 4 N–H and O–H groups in total. The lowest BCUT2D eigenvalue weighted by atomic mass is 9.91. The molecule has 110 valence electrons. The molecule has 0 aliphatic heterocycles. The predicted octanol–water partition coefficient (Wildman–Crippen LogP) is 4.80. The van der Waals surface area contributed by atoms with Crippen molar-refractivity contribution in [2.24, 2.45) is 0 Å². The lowest BCUT2D eigenvalue weighted by Gasteiger charge is -2.15. The topological polar surface area (TPSA) is 52.0 Å². The molecule has 0 aromatic heterocycles. The Morgan fingerprint density at radius 3 is 1.64 bits per heavy atom. The minimum Gasteiger partial charge on any atom is -0.397 e. The number of nitrogen functional groups attached to an aromatic ring is 2. The van der Waals surface area contributed by atoms with Crippen LogP contribution in [0.4, 0.5) is 11.4 Å². The van der Waals surface area contributed by atoms with Crippen molar-refractivity contribution in [2.45, 2.75) is 13.8 Å². The zero-order valence-corrected chi connectivity index (χ0v) is 12.9. The van der Waals surface area contributed by atoms with Gasteiger partial charge in [-0.05, 0) is 36.6 Å². The Bertz CT molecular complexity index is 800. The first-order valence-corrected chi connectivity index (χ1v) is 7.38. The summed E-state index contributed by atoms with van der Waals surface area (Å²) in [6.45, 7) is 4.16. The summed E-state index contributed by atoms with van der Waals surface area (Å²) in [4.78, 5) is 0. The third-order valence-corrected chi connectivity index (χ3v) is 3.98. The maximum atomic E-state index is 6.30. The average Bonchev–Trinajstić information content (AvgIpc) is 2.52. The largest absolute Gasteiger partial charge is 0.397 e. The quantitative estimate of drug-likeness (QED) is 0.665. The fourth-order valence-corrected chi connectivity index (χ4v) is 2.64. The van der Waals surface area contributed by atoms with Gasteiger partial charge in [-0.1, -0.05) is 65.7 Å². The molecule has 0 fully saturated rings. The third-order valence-electron chi connectivity index (χ3n) is 3.98. The van der Waals surface area contributed by atoms with E-state index in [0.717, 1.165) is 22.3 Å². The molecule has 0 heterocycles. The Morgan fingerprint density at radius 2 is 1.09 bits per heavy atom. The highest BCUT2D eigenvalue weighted by molar-refractivity contribution is 5.95. The van der Waals surface area contributed by atoms with E-state index >= 15 is 0 Å². The van der Waals surface area contributed by atoms with Crippen LogP contribution in [0.1, 0.15) is 11.1 Å². The molecule has 3 aromatic carbocycles. The van der Waals surface area contributed by atoms with Gasteiger partial charge in [0.2, 0.25) is 0 Å². The summed E-state index contributed by atoms with van der Waals surface area (Å²) in [7, 11) is 0. The third kappa shape index (κ3) is 2.56. The maximum absolute atomic E-state index is 6.30. The summed E-state index contributed by atoms with van der Waals surface area (Å²) in [5, 5.41) is 0. The summed E-state index contributed by atoms with van der Waals surface area (Å²) in [5.74, 6) is 0. The van der Waals surface area contributed by atoms with Gasteiger partial charge in [0.15, 0.2) is 0 Å². The van der Waals surface area contributed by atoms with Gasteiger partial charge in [0.25, 0.3) is 0 Å². The molecule has 0 saturated carbocycles. The number of anilines is 2. The van der Waals surface area contributed by atoms with Crippen molar-refractivity contribution >= 4 is 11.4 Å². The SMILES string of the molecule is Cc1ccc(-c2ccc(N)c(N)c2-c2ccc(C)cc2)cc1. The van der Waals surface area contributed by atoms with E-state index in [2.05, 4.69) is 62.4 Å². The van der Waals surface area contributed by atoms with E-state index in [-0.39, 0.29) is 0 Å². The van der Waals surface area contributed by atoms with Crippen LogP contribution in [-0.4, -0.2) is 0 Å². The van der Waals surface area contributed by atoms with E-state index in [0.29, 0.717) is 11.4 Å². The van der Waals surface area contributed by atoms with Crippen LogP contribution in [0.25, 0.3) is 22.3 Å². The first kappa shape index (κ1) is 14.2. The number of hydrogen-bond donors (Lipinski definition) is 2. The highest BCUT2D eigenvalue weighted by atomic mass is 14.7. The minimum atomic E-state index is 0.617. The van der Waals surface area contributed by atoms with Crippen molar-refractivity contribution in [3.8, 4) is 22.3 Å². The molecule has 3 aromatic rings. The van der Waals surface area contributed by atoms with Gasteiger partial charge in [-0.3, -0.25) is 0 Å². The summed E-state index contributed by atoms with van der Waals surface area (Å²) >= 11 is 0. The van der Waals surface area contributed by atoms with Crippen LogP contribution in [0.15, 0.2) is 60.7 Å². The van der Waals surface area contributed by atoms with E-state index in [4.69, 9.17) is 11.5 Å². The van der Waals surface area contributed by atoms with E-state index < -0.39 is 0 Å². The molecule has 0 spiro atoms. The van der Waals surface area contributed by atoms with Crippen LogP contribution in [-0.2, 0) is 0 Å². The van der Waals surface area contributed by atoms with E-state index in [9.17, 15) is 0 Å². The molecular weight excluding hydrogens is 268 g/mol. The maximum Gasteiger partial charge on any atom is 0.0633 e. The number of aryl methyl sites for hydroxylation is 2. The van der Waals surface area contributed by atoms with Gasteiger partial charge < -0.3 is 11.5 Å². The van der Waals surface area contributed by atoms with Gasteiger partial charge in [-0.2, -0.15) is 0 Å². The van der Waals surface area contributed by atoms with Crippen molar-refractivity contribution in [3.63, 3.8) is 0 Å². The van der Waals surface area contributed by atoms with Crippen LogP contribution in [0, 0.1) is 13.8 Å². The van der Waals surface area contributed by atoms with Crippen molar-refractivity contribution in [3.05, 3.63) is 71.8 Å². The number of rotatable bonds is 2. The molecule has 0 radical (unpaired) electrons.